The van der Waals surface area contributed by atoms with Crippen LogP contribution in [0.25, 0.3) is 0 Å². The summed E-state index contributed by atoms with van der Waals surface area (Å²) >= 11 is 1.80. The zero-order valence-electron chi connectivity index (χ0n) is 13.6. The summed E-state index contributed by atoms with van der Waals surface area (Å²) in [5, 5.41) is 17.0. The highest BCUT2D eigenvalue weighted by molar-refractivity contribution is 7.98. The molecule has 0 spiro atoms. The molecule has 2 aromatic rings. The lowest BCUT2D eigenvalue weighted by Gasteiger charge is -2.34. The number of thioether (sulfide) groups is 1. The lowest BCUT2D eigenvalue weighted by molar-refractivity contribution is 0.208. The Hall–Kier alpha value is -1.37. The minimum absolute atomic E-state index is 0.301. The molecule has 1 atom stereocenters. The fourth-order valence-corrected chi connectivity index (χ4v) is 3.94. The molecule has 0 radical (unpaired) electrons. The first-order valence-corrected chi connectivity index (χ1v) is 9.74. The SMILES string of the molecule is CCc1nnc(C2CC(CC(SC)c3nnc(C4CC4)o3)C2)o1. The Bertz CT molecular complexity index is 661. The van der Waals surface area contributed by atoms with Crippen molar-refractivity contribution in [3.8, 4) is 0 Å². The lowest BCUT2D eigenvalue weighted by atomic mass is 9.72. The highest BCUT2D eigenvalue weighted by atomic mass is 32.2. The van der Waals surface area contributed by atoms with Gasteiger partial charge in [0.05, 0.1) is 5.25 Å². The Morgan fingerprint density at radius 1 is 1.04 bits per heavy atom. The third-order valence-electron chi connectivity index (χ3n) is 4.86. The third kappa shape index (κ3) is 3.16. The van der Waals surface area contributed by atoms with Crippen LogP contribution >= 0.6 is 11.8 Å². The summed E-state index contributed by atoms with van der Waals surface area (Å²) in [4.78, 5) is 0. The second-order valence-electron chi connectivity index (χ2n) is 6.63. The molecular weight excluding hydrogens is 312 g/mol. The fourth-order valence-electron chi connectivity index (χ4n) is 3.18. The van der Waals surface area contributed by atoms with Crippen LogP contribution in [0.3, 0.4) is 0 Å². The van der Waals surface area contributed by atoms with Crippen LogP contribution < -0.4 is 0 Å². The lowest BCUT2D eigenvalue weighted by Crippen LogP contribution is -2.23. The Morgan fingerprint density at radius 3 is 2.43 bits per heavy atom. The van der Waals surface area contributed by atoms with Gasteiger partial charge in [-0.25, -0.2) is 0 Å². The second kappa shape index (κ2) is 6.26. The molecule has 23 heavy (non-hydrogen) atoms. The normalized spacial score (nSPS) is 25.3. The van der Waals surface area contributed by atoms with Gasteiger partial charge in [0, 0.05) is 18.3 Å². The van der Waals surface area contributed by atoms with Crippen molar-refractivity contribution in [2.45, 2.75) is 62.5 Å². The standard InChI is InChI=1S/C16H22N4O2S/c1-3-13-17-18-15(21-13)11-6-9(7-11)8-12(23-2)16-20-19-14(22-16)10-4-5-10/h9-12H,3-8H2,1-2H3. The molecule has 6 nitrogen and oxygen atoms in total. The van der Waals surface area contributed by atoms with E-state index in [9.17, 15) is 0 Å². The van der Waals surface area contributed by atoms with Crippen molar-refractivity contribution in [1.82, 2.24) is 20.4 Å². The summed E-state index contributed by atoms with van der Waals surface area (Å²) in [5.74, 6) is 4.82. The van der Waals surface area contributed by atoms with Crippen LogP contribution in [-0.4, -0.2) is 26.7 Å². The number of nitrogens with zero attached hydrogens (tertiary/aromatic N) is 4. The smallest absolute Gasteiger partial charge is 0.229 e. The zero-order chi connectivity index (χ0) is 15.8. The molecule has 4 rings (SSSR count). The molecule has 0 bridgehead atoms. The van der Waals surface area contributed by atoms with Crippen molar-refractivity contribution >= 4 is 11.8 Å². The first kappa shape index (κ1) is 15.2. The Balaban J connectivity index is 1.32. The van der Waals surface area contributed by atoms with E-state index in [2.05, 4.69) is 26.7 Å². The first-order valence-electron chi connectivity index (χ1n) is 8.45. The summed E-state index contributed by atoms with van der Waals surface area (Å²) in [7, 11) is 0. The van der Waals surface area contributed by atoms with Gasteiger partial charge in [-0.1, -0.05) is 6.92 Å². The predicted molar refractivity (Wildman–Crippen MR) is 86.3 cm³/mol. The van der Waals surface area contributed by atoms with Crippen LogP contribution in [0.1, 0.15) is 79.7 Å². The summed E-state index contributed by atoms with van der Waals surface area (Å²) in [5.41, 5.74) is 0. The van der Waals surface area contributed by atoms with E-state index in [0.29, 0.717) is 23.0 Å². The number of aromatic nitrogens is 4. The molecule has 0 saturated heterocycles. The van der Waals surface area contributed by atoms with Crippen LogP contribution in [0, 0.1) is 5.92 Å². The minimum atomic E-state index is 0.301. The zero-order valence-corrected chi connectivity index (χ0v) is 14.4. The van der Waals surface area contributed by atoms with Crippen LogP contribution in [0.2, 0.25) is 0 Å². The van der Waals surface area contributed by atoms with Crippen LogP contribution in [0.4, 0.5) is 0 Å². The van der Waals surface area contributed by atoms with Crippen molar-refractivity contribution in [3.05, 3.63) is 23.6 Å². The topological polar surface area (TPSA) is 77.8 Å². The molecule has 2 heterocycles. The molecule has 124 valence electrons. The van der Waals surface area contributed by atoms with E-state index in [4.69, 9.17) is 8.83 Å². The Morgan fingerprint density at radius 2 is 1.78 bits per heavy atom. The van der Waals surface area contributed by atoms with Gasteiger partial charge in [-0.15, -0.1) is 20.4 Å². The van der Waals surface area contributed by atoms with Crippen LogP contribution in [-0.2, 0) is 6.42 Å². The number of rotatable bonds is 7. The van der Waals surface area contributed by atoms with E-state index in [-0.39, 0.29) is 0 Å². The van der Waals surface area contributed by atoms with Gasteiger partial charge in [0.25, 0.3) is 0 Å². The maximum absolute atomic E-state index is 5.88. The minimum Gasteiger partial charge on any atom is -0.425 e. The monoisotopic (exact) mass is 334 g/mol. The number of hydrogen-bond donors (Lipinski definition) is 0. The Kier molecular flexibility index (Phi) is 4.13. The molecular formula is C16H22N4O2S. The largest absolute Gasteiger partial charge is 0.425 e. The summed E-state index contributed by atoms with van der Waals surface area (Å²) in [6, 6.07) is 0. The highest BCUT2D eigenvalue weighted by Crippen LogP contribution is 2.48. The van der Waals surface area contributed by atoms with Gasteiger partial charge < -0.3 is 8.83 Å². The van der Waals surface area contributed by atoms with Crippen molar-refractivity contribution in [2.24, 2.45) is 5.92 Å². The molecule has 0 aromatic carbocycles. The Labute approximate surface area is 139 Å². The van der Waals surface area contributed by atoms with Crippen molar-refractivity contribution in [3.63, 3.8) is 0 Å². The molecule has 0 amide bonds. The van der Waals surface area contributed by atoms with E-state index < -0.39 is 0 Å². The second-order valence-corrected chi connectivity index (χ2v) is 7.68. The third-order valence-corrected chi connectivity index (χ3v) is 5.82. The van der Waals surface area contributed by atoms with Crippen molar-refractivity contribution in [2.75, 3.05) is 6.26 Å². The molecule has 0 aliphatic heterocycles. The maximum atomic E-state index is 5.88. The van der Waals surface area contributed by atoms with E-state index >= 15 is 0 Å². The predicted octanol–water partition coefficient (Wildman–Crippen LogP) is 3.88. The quantitative estimate of drug-likeness (QED) is 0.760. The molecule has 2 fully saturated rings. The van der Waals surface area contributed by atoms with Gasteiger partial charge in [-0.05, 0) is 44.3 Å². The first-order chi connectivity index (χ1) is 11.3. The highest BCUT2D eigenvalue weighted by Gasteiger charge is 2.37. The summed E-state index contributed by atoms with van der Waals surface area (Å²) in [6.45, 7) is 2.03. The van der Waals surface area contributed by atoms with Crippen molar-refractivity contribution in [1.29, 1.82) is 0 Å². The molecule has 2 aliphatic carbocycles. The molecule has 2 aliphatic rings. The average Bonchev–Trinajstić information content (AvgIpc) is 3.08. The van der Waals surface area contributed by atoms with Gasteiger partial charge in [0.1, 0.15) is 0 Å². The van der Waals surface area contributed by atoms with Crippen LogP contribution in [0.15, 0.2) is 8.83 Å². The van der Waals surface area contributed by atoms with Crippen LogP contribution in [0.5, 0.6) is 0 Å². The molecule has 1 unspecified atom stereocenters. The van der Waals surface area contributed by atoms with E-state index in [1.807, 2.05) is 6.92 Å². The summed E-state index contributed by atoms with van der Waals surface area (Å²) < 4.78 is 11.5. The molecule has 2 saturated carbocycles. The van der Waals surface area contributed by atoms with E-state index in [0.717, 1.165) is 49.2 Å². The number of aryl methyl sites for hydroxylation is 1. The van der Waals surface area contributed by atoms with Gasteiger partial charge in [-0.3, -0.25) is 0 Å². The summed E-state index contributed by atoms with van der Waals surface area (Å²) in [6.07, 6.45) is 8.63. The fraction of sp³-hybridized carbons (Fsp3) is 0.750. The van der Waals surface area contributed by atoms with E-state index in [1.54, 1.807) is 11.8 Å². The van der Waals surface area contributed by atoms with Gasteiger partial charge in [0.2, 0.25) is 23.6 Å². The molecule has 2 aromatic heterocycles. The van der Waals surface area contributed by atoms with Gasteiger partial charge in [0.15, 0.2) is 0 Å². The van der Waals surface area contributed by atoms with Gasteiger partial charge in [-0.2, -0.15) is 11.8 Å². The number of hydrogen-bond acceptors (Lipinski definition) is 7. The van der Waals surface area contributed by atoms with Gasteiger partial charge >= 0.3 is 0 Å². The van der Waals surface area contributed by atoms with Crippen molar-refractivity contribution < 1.29 is 8.83 Å². The van der Waals surface area contributed by atoms with E-state index in [1.165, 1.54) is 12.8 Å². The maximum Gasteiger partial charge on any atom is 0.229 e. The molecule has 7 heteroatoms. The molecule has 0 N–H and O–H groups in total. The average molecular weight is 334 g/mol.